The number of carbonyl (C=O) groups is 2. The molecule has 0 aliphatic carbocycles. The zero-order chi connectivity index (χ0) is 16.8. The van der Waals surface area contributed by atoms with E-state index in [1.807, 2.05) is 19.9 Å². The third-order valence-electron chi connectivity index (χ3n) is 4.27. The van der Waals surface area contributed by atoms with Gasteiger partial charge in [-0.05, 0) is 18.6 Å². The van der Waals surface area contributed by atoms with E-state index in [0.29, 0.717) is 12.2 Å². The Kier molecular flexibility index (Phi) is 3.70. The highest BCUT2D eigenvalue weighted by Gasteiger charge is 2.33. The lowest BCUT2D eigenvalue weighted by Crippen LogP contribution is -2.40. The van der Waals surface area contributed by atoms with E-state index in [1.165, 1.54) is 12.1 Å². The second-order valence-corrected chi connectivity index (χ2v) is 6.76. The van der Waals surface area contributed by atoms with Crippen molar-refractivity contribution < 1.29 is 18.4 Å². The number of piperidine rings is 1. The van der Waals surface area contributed by atoms with Gasteiger partial charge in [-0.3, -0.25) is 14.9 Å². The molecule has 0 aromatic heterocycles. The molecule has 1 aromatic rings. The van der Waals surface area contributed by atoms with Crippen LogP contribution >= 0.6 is 0 Å². The fourth-order valence-electron chi connectivity index (χ4n) is 3.05. The number of hydrogen-bond donors (Lipinski definition) is 1. The molecule has 1 aromatic carbocycles. The van der Waals surface area contributed by atoms with Crippen molar-refractivity contribution in [2.24, 2.45) is 5.41 Å². The second-order valence-electron chi connectivity index (χ2n) is 6.76. The lowest BCUT2D eigenvalue weighted by atomic mass is 9.89. The van der Waals surface area contributed by atoms with Crippen molar-refractivity contribution in [3.63, 3.8) is 0 Å². The Hall–Kier alpha value is -2.24. The third-order valence-corrected chi connectivity index (χ3v) is 4.27. The SMILES string of the molecule is CC1(C)C=CN(c2cc(F)c(C3CCC(=O)NC3=O)c(F)c2)C1. The van der Waals surface area contributed by atoms with E-state index in [1.54, 1.807) is 11.1 Å². The Bertz CT molecular complexity index is 690. The van der Waals surface area contributed by atoms with Crippen LogP contribution in [0, 0.1) is 17.0 Å². The van der Waals surface area contributed by atoms with Gasteiger partial charge in [-0.25, -0.2) is 8.78 Å². The zero-order valence-electron chi connectivity index (χ0n) is 13.0. The van der Waals surface area contributed by atoms with E-state index in [-0.39, 0.29) is 23.8 Å². The van der Waals surface area contributed by atoms with Gasteiger partial charge >= 0.3 is 0 Å². The number of amides is 2. The summed E-state index contributed by atoms with van der Waals surface area (Å²) < 4.78 is 28.9. The zero-order valence-corrected chi connectivity index (χ0v) is 13.0. The molecule has 2 aliphatic heterocycles. The number of imide groups is 1. The van der Waals surface area contributed by atoms with Crippen molar-refractivity contribution in [2.45, 2.75) is 32.6 Å². The number of anilines is 1. The lowest BCUT2D eigenvalue weighted by Gasteiger charge is -2.25. The summed E-state index contributed by atoms with van der Waals surface area (Å²) in [6.45, 7) is 4.70. The first kappa shape index (κ1) is 15.6. The van der Waals surface area contributed by atoms with Gasteiger partial charge in [0.15, 0.2) is 0 Å². The van der Waals surface area contributed by atoms with Gasteiger partial charge in [0.05, 0.1) is 5.92 Å². The largest absolute Gasteiger partial charge is 0.347 e. The van der Waals surface area contributed by atoms with E-state index in [2.05, 4.69) is 5.32 Å². The summed E-state index contributed by atoms with van der Waals surface area (Å²) in [5.74, 6) is -3.53. The van der Waals surface area contributed by atoms with E-state index in [0.717, 1.165) is 0 Å². The molecule has 1 saturated heterocycles. The normalized spacial score (nSPS) is 23.3. The summed E-state index contributed by atoms with van der Waals surface area (Å²) in [5, 5.41) is 2.13. The standard InChI is InChI=1S/C17H18F2N2O2/c1-17(2)5-6-21(9-17)10-7-12(18)15(13(19)8-10)11-3-4-14(22)20-16(11)23/h5-8,11H,3-4,9H2,1-2H3,(H,20,22,23). The molecule has 0 bridgehead atoms. The van der Waals surface area contributed by atoms with Crippen molar-refractivity contribution in [1.82, 2.24) is 5.32 Å². The van der Waals surface area contributed by atoms with Gasteiger partial charge < -0.3 is 4.90 Å². The maximum atomic E-state index is 14.5. The van der Waals surface area contributed by atoms with Crippen LogP contribution in [0.1, 0.15) is 38.2 Å². The molecule has 2 aliphatic rings. The molecule has 0 radical (unpaired) electrons. The molecule has 1 N–H and O–H groups in total. The molecule has 0 saturated carbocycles. The first-order chi connectivity index (χ1) is 10.8. The highest BCUT2D eigenvalue weighted by atomic mass is 19.1. The van der Waals surface area contributed by atoms with Crippen molar-refractivity contribution in [3.8, 4) is 0 Å². The molecule has 0 spiro atoms. The van der Waals surface area contributed by atoms with Crippen LogP contribution in [-0.2, 0) is 9.59 Å². The Balaban J connectivity index is 1.91. The average Bonchev–Trinajstić information content (AvgIpc) is 2.80. The molecular formula is C17H18F2N2O2. The number of carbonyl (C=O) groups excluding carboxylic acids is 2. The quantitative estimate of drug-likeness (QED) is 0.853. The van der Waals surface area contributed by atoms with E-state index >= 15 is 0 Å². The molecule has 3 rings (SSSR count). The molecule has 4 nitrogen and oxygen atoms in total. The summed E-state index contributed by atoms with van der Waals surface area (Å²) in [4.78, 5) is 24.8. The fourth-order valence-corrected chi connectivity index (χ4v) is 3.05. The number of halogens is 2. The van der Waals surface area contributed by atoms with Crippen LogP contribution in [0.5, 0.6) is 0 Å². The Labute approximate surface area is 133 Å². The summed E-state index contributed by atoms with van der Waals surface area (Å²) >= 11 is 0. The molecule has 2 amide bonds. The second kappa shape index (κ2) is 5.44. The van der Waals surface area contributed by atoms with Gasteiger partial charge in [-0.1, -0.05) is 19.9 Å². The van der Waals surface area contributed by atoms with Gasteiger partial charge in [0.2, 0.25) is 11.8 Å². The van der Waals surface area contributed by atoms with E-state index in [4.69, 9.17) is 0 Å². The van der Waals surface area contributed by atoms with Gasteiger partial charge in [0.25, 0.3) is 0 Å². The van der Waals surface area contributed by atoms with Crippen molar-refractivity contribution in [3.05, 3.63) is 41.6 Å². The molecule has 23 heavy (non-hydrogen) atoms. The molecule has 6 heteroatoms. The smallest absolute Gasteiger partial charge is 0.234 e. The van der Waals surface area contributed by atoms with Crippen LogP contribution < -0.4 is 10.2 Å². The predicted molar refractivity (Wildman–Crippen MR) is 81.7 cm³/mol. The van der Waals surface area contributed by atoms with Crippen LogP contribution in [0.25, 0.3) is 0 Å². The molecule has 1 atom stereocenters. The average molecular weight is 320 g/mol. The Morgan fingerprint density at radius 2 is 1.87 bits per heavy atom. The molecule has 2 heterocycles. The number of hydrogen-bond acceptors (Lipinski definition) is 3. The molecule has 1 unspecified atom stereocenters. The summed E-state index contributed by atoms with van der Waals surface area (Å²) in [7, 11) is 0. The van der Waals surface area contributed by atoms with Crippen molar-refractivity contribution in [2.75, 3.05) is 11.4 Å². The summed E-state index contributed by atoms with van der Waals surface area (Å²) in [5.41, 5.74) is 0.0916. The number of nitrogens with one attached hydrogen (secondary N) is 1. The minimum Gasteiger partial charge on any atom is -0.347 e. The van der Waals surface area contributed by atoms with Crippen LogP contribution in [-0.4, -0.2) is 18.4 Å². The number of nitrogens with zero attached hydrogens (tertiary/aromatic N) is 1. The first-order valence-corrected chi connectivity index (χ1v) is 7.55. The highest BCUT2D eigenvalue weighted by Crippen LogP contribution is 2.35. The third kappa shape index (κ3) is 2.98. The van der Waals surface area contributed by atoms with Gasteiger partial charge in [-0.15, -0.1) is 0 Å². The van der Waals surface area contributed by atoms with Crippen LogP contribution in [0.4, 0.5) is 14.5 Å². The number of rotatable bonds is 2. The first-order valence-electron chi connectivity index (χ1n) is 7.55. The van der Waals surface area contributed by atoms with Crippen molar-refractivity contribution >= 4 is 17.5 Å². The maximum absolute atomic E-state index is 14.5. The fraction of sp³-hybridized carbons (Fsp3) is 0.412. The molecule has 1 fully saturated rings. The Morgan fingerprint density at radius 1 is 1.22 bits per heavy atom. The maximum Gasteiger partial charge on any atom is 0.234 e. The molecular weight excluding hydrogens is 302 g/mol. The molecule has 122 valence electrons. The highest BCUT2D eigenvalue weighted by molar-refractivity contribution is 6.01. The minimum absolute atomic E-state index is 0.0603. The number of benzene rings is 1. The van der Waals surface area contributed by atoms with Gasteiger partial charge in [0, 0.05) is 35.8 Å². The Morgan fingerprint density at radius 3 is 2.39 bits per heavy atom. The van der Waals surface area contributed by atoms with Gasteiger partial charge in [-0.2, -0.15) is 0 Å². The summed E-state index contributed by atoms with van der Waals surface area (Å²) in [6.07, 6.45) is 3.99. The van der Waals surface area contributed by atoms with Gasteiger partial charge in [0.1, 0.15) is 11.6 Å². The van der Waals surface area contributed by atoms with E-state index in [9.17, 15) is 18.4 Å². The van der Waals surface area contributed by atoms with Crippen LogP contribution in [0.2, 0.25) is 0 Å². The predicted octanol–water partition coefficient (Wildman–Crippen LogP) is 2.84. The lowest BCUT2D eigenvalue weighted by molar-refractivity contribution is -0.134. The van der Waals surface area contributed by atoms with Crippen LogP contribution in [0.15, 0.2) is 24.4 Å². The van der Waals surface area contributed by atoms with Crippen molar-refractivity contribution in [1.29, 1.82) is 0 Å². The minimum atomic E-state index is -0.965. The van der Waals surface area contributed by atoms with E-state index < -0.39 is 29.4 Å². The van der Waals surface area contributed by atoms with Crippen LogP contribution in [0.3, 0.4) is 0 Å². The summed E-state index contributed by atoms with van der Waals surface area (Å²) in [6, 6.07) is 2.49. The monoisotopic (exact) mass is 320 g/mol. The topological polar surface area (TPSA) is 49.4 Å².